The number of amides is 4. The summed E-state index contributed by atoms with van der Waals surface area (Å²) in [7, 11) is -2.43. The molecule has 1 aromatic heterocycles. The Morgan fingerprint density at radius 3 is 2.55 bits per heavy atom. The van der Waals surface area contributed by atoms with Crippen LogP contribution in [0.2, 0.25) is 0 Å². The summed E-state index contributed by atoms with van der Waals surface area (Å²) in [6.07, 6.45) is 6.34. The van der Waals surface area contributed by atoms with Crippen molar-refractivity contribution in [3.63, 3.8) is 0 Å². The number of morpholine rings is 1. The molecule has 0 spiro atoms. The Bertz CT molecular complexity index is 2020. The highest BCUT2D eigenvalue weighted by molar-refractivity contribution is 7.91. The standard InChI is InChI=1S/C39H52N6O10S/c1-23-7-5-6-8-25-20-39(25,36(48)43-56(51,52)38(3)11-12-38)42-33(46)30-19-27(22-45(30)35(47)32(24(2)17-23)41-37(49)50)55-34-28-10-9-26(53-4)18-29(28)31(21-40-34)44-13-15-54-16-14-44/h6,8-10,18,21,23-25,27,30,32,41H,5,7,11-17,19-20,22H2,1-4H3,(H,42,46)(H,43,48)(H,49,50)/b8-6-/t23-,24-,25?,27-,30+,32+,39?/m1/s1. The van der Waals surface area contributed by atoms with Gasteiger partial charge in [-0.05, 0) is 75.5 Å². The Labute approximate surface area is 326 Å². The summed E-state index contributed by atoms with van der Waals surface area (Å²) in [5.41, 5.74) is -0.674. The van der Waals surface area contributed by atoms with Gasteiger partial charge in [0.2, 0.25) is 27.7 Å². The predicted octanol–water partition coefficient (Wildman–Crippen LogP) is 2.95. The lowest BCUT2D eigenvalue weighted by atomic mass is 9.88. The van der Waals surface area contributed by atoms with Crippen LogP contribution < -0.4 is 29.7 Å². The Kier molecular flexibility index (Phi) is 10.9. The summed E-state index contributed by atoms with van der Waals surface area (Å²) in [6, 6.07) is 3.21. The topological polar surface area (TPSA) is 206 Å². The van der Waals surface area contributed by atoms with Crippen molar-refractivity contribution in [3.05, 3.63) is 36.5 Å². The summed E-state index contributed by atoms with van der Waals surface area (Å²) in [6.45, 7) is 7.86. The summed E-state index contributed by atoms with van der Waals surface area (Å²) >= 11 is 0. The molecule has 3 aliphatic heterocycles. The number of carbonyl (C=O) groups excluding carboxylic acids is 3. The molecule has 5 aliphatic rings. The molecule has 2 saturated heterocycles. The molecular weight excluding hydrogens is 745 g/mol. The van der Waals surface area contributed by atoms with Crippen molar-refractivity contribution in [2.24, 2.45) is 17.8 Å². The molecule has 0 bridgehead atoms. The molecule has 0 radical (unpaired) electrons. The van der Waals surface area contributed by atoms with E-state index in [2.05, 4.69) is 20.3 Å². The van der Waals surface area contributed by atoms with Gasteiger partial charge in [-0.25, -0.2) is 18.2 Å². The van der Waals surface area contributed by atoms with Crippen molar-refractivity contribution < 1.29 is 46.9 Å². The number of hydrogen-bond acceptors (Lipinski definition) is 11. The lowest BCUT2D eigenvalue weighted by molar-refractivity contribution is -0.142. The number of benzene rings is 1. The van der Waals surface area contributed by atoms with Gasteiger partial charge in [-0.2, -0.15) is 0 Å². The second-order valence-electron chi connectivity index (χ2n) is 16.3. The number of carbonyl (C=O) groups is 4. The lowest BCUT2D eigenvalue weighted by Crippen LogP contribution is -2.59. The highest BCUT2D eigenvalue weighted by Gasteiger charge is 2.63. The third-order valence-corrected chi connectivity index (χ3v) is 14.4. The Morgan fingerprint density at radius 2 is 1.86 bits per heavy atom. The number of hydrogen-bond donors (Lipinski definition) is 4. The van der Waals surface area contributed by atoms with Gasteiger partial charge < -0.3 is 39.8 Å². The minimum absolute atomic E-state index is 0.00126. The number of fused-ring (bicyclic) bond motifs is 3. The van der Waals surface area contributed by atoms with Crippen molar-refractivity contribution in [2.45, 2.75) is 94.2 Å². The molecule has 56 heavy (non-hydrogen) atoms. The average molecular weight is 797 g/mol. The zero-order valence-corrected chi connectivity index (χ0v) is 33.1. The van der Waals surface area contributed by atoms with E-state index < -0.39 is 74.1 Å². The fourth-order valence-corrected chi connectivity index (χ4v) is 9.66. The molecule has 4 N–H and O–H groups in total. The van der Waals surface area contributed by atoms with Crippen LogP contribution in [-0.2, 0) is 29.1 Å². The van der Waals surface area contributed by atoms with Gasteiger partial charge in [-0.3, -0.25) is 19.1 Å². The van der Waals surface area contributed by atoms with Gasteiger partial charge in [0.15, 0.2) is 0 Å². The molecule has 4 fully saturated rings. The summed E-state index contributed by atoms with van der Waals surface area (Å²) < 4.78 is 45.2. The van der Waals surface area contributed by atoms with E-state index in [-0.39, 0.29) is 31.2 Å². The normalized spacial score (nSPS) is 31.1. The molecule has 17 heteroatoms. The fraction of sp³-hybridized carbons (Fsp3) is 0.615. The molecule has 1 aromatic carbocycles. The molecule has 7 atom stereocenters. The van der Waals surface area contributed by atoms with E-state index in [0.29, 0.717) is 63.1 Å². The van der Waals surface area contributed by atoms with Gasteiger partial charge >= 0.3 is 6.09 Å². The molecule has 4 heterocycles. The zero-order chi connectivity index (χ0) is 40.0. The number of carboxylic acid groups (broad SMARTS) is 1. The first kappa shape index (κ1) is 39.6. The third kappa shape index (κ3) is 7.84. The average Bonchev–Trinajstić information content (AvgIpc) is 4.05. The largest absolute Gasteiger partial charge is 0.497 e. The van der Waals surface area contributed by atoms with Crippen molar-refractivity contribution >= 4 is 50.3 Å². The number of nitrogens with one attached hydrogen (secondary N) is 3. The monoisotopic (exact) mass is 796 g/mol. The zero-order valence-electron chi connectivity index (χ0n) is 32.3. The Hall–Kier alpha value is -4.64. The number of aromatic nitrogens is 1. The summed E-state index contributed by atoms with van der Waals surface area (Å²) in [5, 5.41) is 16.7. The van der Waals surface area contributed by atoms with Crippen LogP contribution in [0, 0.1) is 17.8 Å². The maximum atomic E-state index is 14.5. The number of rotatable bonds is 8. The first-order valence-electron chi connectivity index (χ1n) is 19.5. The highest BCUT2D eigenvalue weighted by atomic mass is 32.2. The molecule has 16 nitrogen and oxygen atoms in total. The fourth-order valence-electron chi connectivity index (χ4n) is 8.35. The van der Waals surface area contributed by atoms with E-state index in [1.54, 1.807) is 26.3 Å². The molecule has 2 aromatic rings. The van der Waals surface area contributed by atoms with Gasteiger partial charge in [-0.1, -0.05) is 26.0 Å². The van der Waals surface area contributed by atoms with Crippen LogP contribution in [0.5, 0.6) is 11.6 Å². The van der Waals surface area contributed by atoms with Gasteiger partial charge in [0.05, 0.1) is 43.5 Å². The molecule has 4 amide bonds. The van der Waals surface area contributed by atoms with Crippen LogP contribution in [0.25, 0.3) is 10.8 Å². The van der Waals surface area contributed by atoms with Crippen LogP contribution in [-0.4, -0.2) is 116 Å². The lowest BCUT2D eigenvalue weighted by Gasteiger charge is -2.32. The number of ether oxygens (including phenoxy) is 3. The minimum atomic E-state index is -4.01. The number of nitrogens with zero attached hydrogens (tertiary/aromatic N) is 3. The first-order valence-corrected chi connectivity index (χ1v) is 20.9. The van der Waals surface area contributed by atoms with Crippen LogP contribution in [0.3, 0.4) is 0 Å². The number of methoxy groups -OCH3 is 1. The van der Waals surface area contributed by atoms with E-state index in [0.717, 1.165) is 17.5 Å². The maximum absolute atomic E-state index is 14.5. The molecule has 7 rings (SSSR count). The molecule has 2 aliphatic carbocycles. The summed E-state index contributed by atoms with van der Waals surface area (Å²) in [4.78, 5) is 63.2. The van der Waals surface area contributed by atoms with Gasteiger partial charge in [-0.15, -0.1) is 0 Å². The first-order chi connectivity index (χ1) is 26.6. The quantitative estimate of drug-likeness (QED) is 0.285. The highest BCUT2D eigenvalue weighted by Crippen LogP contribution is 2.48. The van der Waals surface area contributed by atoms with Crippen molar-refractivity contribution in [1.29, 1.82) is 0 Å². The van der Waals surface area contributed by atoms with Gasteiger partial charge in [0.1, 0.15) is 29.5 Å². The van der Waals surface area contributed by atoms with Crippen molar-refractivity contribution in [2.75, 3.05) is 44.9 Å². The molecule has 2 saturated carbocycles. The van der Waals surface area contributed by atoms with E-state index >= 15 is 0 Å². The van der Waals surface area contributed by atoms with Crippen molar-refractivity contribution in [1.82, 2.24) is 25.2 Å². The number of sulfonamides is 1. The SMILES string of the molecule is COc1ccc2c(O[C@@H]3C[C@H]4C(=O)NC5(C(=O)NS(=O)(=O)C6(C)CC6)CC5/C=C\CC[C@@H](C)C[C@@H](C)[C@H](NC(=O)O)C(=O)N4C3)ncc(N3CCOCC3)c2c1. The van der Waals surface area contributed by atoms with Crippen LogP contribution >= 0.6 is 0 Å². The van der Waals surface area contributed by atoms with Crippen LogP contribution in [0.1, 0.15) is 65.7 Å². The van der Waals surface area contributed by atoms with Crippen molar-refractivity contribution in [3.8, 4) is 11.6 Å². The second kappa shape index (κ2) is 15.4. The Balaban J connectivity index is 1.22. The number of pyridine rings is 1. The molecule has 2 unspecified atom stereocenters. The maximum Gasteiger partial charge on any atom is 0.405 e. The van der Waals surface area contributed by atoms with Crippen LogP contribution in [0.15, 0.2) is 36.5 Å². The Morgan fingerprint density at radius 1 is 1.11 bits per heavy atom. The molecule has 304 valence electrons. The van der Waals surface area contributed by atoms with E-state index in [1.165, 1.54) is 4.90 Å². The second-order valence-corrected chi connectivity index (χ2v) is 18.5. The van der Waals surface area contributed by atoms with Crippen LogP contribution in [0.4, 0.5) is 10.5 Å². The molecular formula is C39H52N6O10S. The van der Waals surface area contributed by atoms with E-state index in [4.69, 9.17) is 19.2 Å². The smallest absolute Gasteiger partial charge is 0.405 e. The number of allylic oxidation sites excluding steroid dienone is 1. The van der Waals surface area contributed by atoms with E-state index in [9.17, 15) is 32.7 Å². The van der Waals surface area contributed by atoms with Gasteiger partial charge in [0, 0.05) is 36.2 Å². The summed E-state index contributed by atoms with van der Waals surface area (Å²) in [5.74, 6) is -1.92. The van der Waals surface area contributed by atoms with Gasteiger partial charge in [0.25, 0.3) is 5.91 Å². The number of anilines is 1. The van der Waals surface area contributed by atoms with E-state index in [1.807, 2.05) is 38.1 Å². The third-order valence-electron chi connectivity index (χ3n) is 12.2. The predicted molar refractivity (Wildman–Crippen MR) is 206 cm³/mol. The minimum Gasteiger partial charge on any atom is -0.497 e.